The second kappa shape index (κ2) is 7.92. The number of aryl methyl sites for hydroxylation is 1. The van der Waals surface area contributed by atoms with Crippen molar-refractivity contribution >= 4 is 23.5 Å². The van der Waals surface area contributed by atoms with Crippen LogP contribution >= 0.6 is 0 Å². The first-order chi connectivity index (χ1) is 11.5. The molecule has 2 aromatic rings. The minimum Gasteiger partial charge on any atom is -0.465 e. The summed E-state index contributed by atoms with van der Waals surface area (Å²) >= 11 is 0. The van der Waals surface area contributed by atoms with Crippen molar-refractivity contribution in [2.75, 3.05) is 19.0 Å². The molecule has 0 heterocycles. The molecule has 6 heteroatoms. The predicted octanol–water partition coefficient (Wildman–Crippen LogP) is 2.15. The molecular weight excluding hydrogens is 308 g/mol. The number of ether oxygens (including phenoxy) is 1. The molecule has 0 saturated heterocycles. The molecule has 2 aromatic carbocycles. The summed E-state index contributed by atoms with van der Waals surface area (Å²) in [7, 11) is 1.30. The zero-order chi connectivity index (χ0) is 17.5. The van der Waals surface area contributed by atoms with Gasteiger partial charge in [-0.25, -0.2) is 4.79 Å². The molecule has 0 radical (unpaired) electrons. The number of anilines is 1. The molecule has 0 aromatic heterocycles. The van der Waals surface area contributed by atoms with Gasteiger partial charge in [0.1, 0.15) is 0 Å². The van der Waals surface area contributed by atoms with Gasteiger partial charge in [-0.3, -0.25) is 9.59 Å². The fourth-order valence-electron chi connectivity index (χ4n) is 2.10. The second-order valence-electron chi connectivity index (χ2n) is 5.11. The highest BCUT2D eigenvalue weighted by Crippen LogP contribution is 2.10. The van der Waals surface area contributed by atoms with Gasteiger partial charge in [0.2, 0.25) is 5.91 Å². The number of hydrogen-bond donors (Lipinski definition) is 2. The van der Waals surface area contributed by atoms with E-state index in [1.165, 1.54) is 7.11 Å². The van der Waals surface area contributed by atoms with E-state index >= 15 is 0 Å². The van der Waals surface area contributed by atoms with Crippen LogP contribution < -0.4 is 10.6 Å². The third-order valence-corrected chi connectivity index (χ3v) is 3.39. The molecule has 0 saturated carbocycles. The van der Waals surface area contributed by atoms with Crippen LogP contribution in [0.4, 0.5) is 5.69 Å². The van der Waals surface area contributed by atoms with Crippen molar-refractivity contribution in [2.24, 2.45) is 0 Å². The van der Waals surface area contributed by atoms with E-state index in [2.05, 4.69) is 15.4 Å². The van der Waals surface area contributed by atoms with Crippen LogP contribution in [-0.4, -0.2) is 31.4 Å². The van der Waals surface area contributed by atoms with Crippen molar-refractivity contribution in [3.63, 3.8) is 0 Å². The Kier molecular flexibility index (Phi) is 5.68. The van der Waals surface area contributed by atoms with Crippen LogP contribution in [0, 0.1) is 6.92 Å². The Morgan fingerprint density at radius 1 is 1.00 bits per heavy atom. The van der Waals surface area contributed by atoms with E-state index in [4.69, 9.17) is 0 Å². The van der Waals surface area contributed by atoms with Crippen molar-refractivity contribution in [1.29, 1.82) is 0 Å². The first-order valence-electron chi connectivity index (χ1n) is 7.33. The minimum absolute atomic E-state index is 0.147. The lowest BCUT2D eigenvalue weighted by Gasteiger charge is -2.09. The Morgan fingerprint density at radius 3 is 2.29 bits per heavy atom. The Balaban J connectivity index is 1.88. The molecule has 0 spiro atoms. The van der Waals surface area contributed by atoms with E-state index in [0.29, 0.717) is 16.8 Å². The highest BCUT2D eigenvalue weighted by molar-refractivity contribution is 6.00. The van der Waals surface area contributed by atoms with Crippen molar-refractivity contribution in [3.8, 4) is 0 Å². The highest BCUT2D eigenvalue weighted by Gasteiger charge is 2.10. The number of methoxy groups -OCH3 is 1. The number of amides is 2. The second-order valence-corrected chi connectivity index (χ2v) is 5.11. The fourth-order valence-corrected chi connectivity index (χ4v) is 2.10. The van der Waals surface area contributed by atoms with Crippen LogP contribution in [-0.2, 0) is 9.53 Å². The molecule has 2 rings (SSSR count). The third kappa shape index (κ3) is 4.42. The number of rotatable bonds is 5. The number of nitrogens with one attached hydrogen (secondary N) is 2. The molecule has 2 N–H and O–H groups in total. The van der Waals surface area contributed by atoms with Gasteiger partial charge < -0.3 is 15.4 Å². The normalized spacial score (nSPS) is 9.92. The van der Waals surface area contributed by atoms with Gasteiger partial charge >= 0.3 is 5.97 Å². The van der Waals surface area contributed by atoms with E-state index in [1.807, 2.05) is 19.1 Å². The fraction of sp³-hybridized carbons (Fsp3) is 0.167. The average Bonchev–Trinajstić information content (AvgIpc) is 2.60. The van der Waals surface area contributed by atoms with Crippen molar-refractivity contribution in [3.05, 3.63) is 65.2 Å². The first-order valence-corrected chi connectivity index (χ1v) is 7.33. The van der Waals surface area contributed by atoms with Crippen LogP contribution in [0.5, 0.6) is 0 Å². The van der Waals surface area contributed by atoms with Gasteiger partial charge in [-0.2, -0.15) is 0 Å². The van der Waals surface area contributed by atoms with Crippen molar-refractivity contribution in [1.82, 2.24) is 5.32 Å². The zero-order valence-corrected chi connectivity index (χ0v) is 13.5. The number of hydrogen-bond acceptors (Lipinski definition) is 4. The molecule has 124 valence electrons. The molecule has 2 amide bonds. The Morgan fingerprint density at radius 2 is 1.67 bits per heavy atom. The van der Waals surface area contributed by atoms with Gasteiger partial charge in [0.15, 0.2) is 0 Å². The SMILES string of the molecule is COC(=O)c1ccc(NC(=O)CNC(=O)c2ccccc2C)cc1. The lowest BCUT2D eigenvalue weighted by atomic mass is 10.1. The summed E-state index contributed by atoms with van der Waals surface area (Å²) < 4.78 is 4.60. The number of carbonyl (C=O) groups is 3. The van der Waals surface area contributed by atoms with Gasteiger partial charge in [-0.05, 0) is 42.8 Å². The van der Waals surface area contributed by atoms with Crippen LogP contribution in [0.1, 0.15) is 26.3 Å². The Hall–Kier alpha value is -3.15. The maximum absolute atomic E-state index is 12.0. The van der Waals surface area contributed by atoms with Gasteiger partial charge in [-0.15, -0.1) is 0 Å². The summed E-state index contributed by atoms with van der Waals surface area (Å²) in [6.45, 7) is 1.68. The minimum atomic E-state index is -0.446. The third-order valence-electron chi connectivity index (χ3n) is 3.39. The van der Waals surface area contributed by atoms with Gasteiger partial charge in [0.05, 0.1) is 19.2 Å². The molecule has 0 unspecified atom stereocenters. The summed E-state index contributed by atoms with van der Waals surface area (Å²) in [5.74, 6) is -1.11. The maximum atomic E-state index is 12.0. The quantitative estimate of drug-likeness (QED) is 0.825. The topological polar surface area (TPSA) is 84.5 Å². The summed E-state index contributed by atoms with van der Waals surface area (Å²) in [5, 5.41) is 5.22. The lowest BCUT2D eigenvalue weighted by molar-refractivity contribution is -0.115. The molecule has 0 aliphatic heterocycles. The van der Waals surface area contributed by atoms with Crippen LogP contribution in [0.2, 0.25) is 0 Å². The van der Waals surface area contributed by atoms with Crippen molar-refractivity contribution in [2.45, 2.75) is 6.92 Å². The molecule has 0 bridgehead atoms. The van der Waals surface area contributed by atoms with Crippen LogP contribution in [0.3, 0.4) is 0 Å². The Bertz CT molecular complexity index is 754. The monoisotopic (exact) mass is 326 g/mol. The largest absolute Gasteiger partial charge is 0.465 e. The number of esters is 1. The zero-order valence-electron chi connectivity index (χ0n) is 13.5. The number of benzene rings is 2. The molecular formula is C18H18N2O4. The lowest BCUT2D eigenvalue weighted by Crippen LogP contribution is -2.33. The molecule has 0 aliphatic rings. The van der Waals surface area contributed by atoms with E-state index in [9.17, 15) is 14.4 Å². The predicted molar refractivity (Wildman–Crippen MR) is 89.9 cm³/mol. The van der Waals surface area contributed by atoms with Gasteiger partial charge in [-0.1, -0.05) is 18.2 Å². The molecule has 24 heavy (non-hydrogen) atoms. The molecule has 0 fully saturated rings. The molecule has 0 aliphatic carbocycles. The van der Waals surface area contributed by atoms with Crippen LogP contribution in [0.25, 0.3) is 0 Å². The first kappa shape index (κ1) is 17.2. The average molecular weight is 326 g/mol. The van der Waals surface area contributed by atoms with E-state index in [0.717, 1.165) is 5.56 Å². The smallest absolute Gasteiger partial charge is 0.337 e. The summed E-state index contributed by atoms with van der Waals surface area (Å²) in [4.78, 5) is 35.3. The van der Waals surface area contributed by atoms with E-state index in [1.54, 1.807) is 36.4 Å². The van der Waals surface area contributed by atoms with E-state index in [-0.39, 0.29) is 18.4 Å². The van der Waals surface area contributed by atoms with E-state index < -0.39 is 5.97 Å². The molecule has 0 atom stereocenters. The number of carbonyl (C=O) groups excluding carboxylic acids is 3. The summed E-state index contributed by atoms with van der Waals surface area (Å²) in [5.41, 5.74) is 2.29. The standard InChI is InChI=1S/C18H18N2O4/c1-12-5-3-4-6-15(12)17(22)19-11-16(21)20-14-9-7-13(8-10-14)18(23)24-2/h3-10H,11H2,1-2H3,(H,19,22)(H,20,21). The molecule has 6 nitrogen and oxygen atoms in total. The van der Waals surface area contributed by atoms with Gasteiger partial charge in [0.25, 0.3) is 5.91 Å². The maximum Gasteiger partial charge on any atom is 0.337 e. The highest BCUT2D eigenvalue weighted by atomic mass is 16.5. The van der Waals surface area contributed by atoms with Gasteiger partial charge in [0, 0.05) is 11.3 Å². The Labute approximate surface area is 139 Å². The van der Waals surface area contributed by atoms with Crippen LogP contribution in [0.15, 0.2) is 48.5 Å². The summed E-state index contributed by atoms with van der Waals surface area (Å²) in [6, 6.07) is 13.4. The summed E-state index contributed by atoms with van der Waals surface area (Å²) in [6.07, 6.45) is 0. The van der Waals surface area contributed by atoms with Crippen molar-refractivity contribution < 1.29 is 19.1 Å².